The average molecular weight is 261 g/mol. The summed E-state index contributed by atoms with van der Waals surface area (Å²) >= 11 is 0. The maximum atomic E-state index is 12.6. The smallest absolute Gasteiger partial charge is 0.254 e. The van der Waals surface area contributed by atoms with Crippen LogP contribution in [0.3, 0.4) is 0 Å². The van der Waals surface area contributed by atoms with E-state index in [1.54, 1.807) is 0 Å². The third kappa shape index (κ3) is 2.38. The van der Waals surface area contributed by atoms with Gasteiger partial charge in [-0.25, -0.2) is 0 Å². The number of piperidine rings is 1. The molecule has 1 spiro atoms. The standard InChI is InChI=1S/C15H19NO3/c1-12-5-2-3-6-13(12)14(17)16-8-4-7-15(11-16)18-9-10-19-15/h2-3,5-6H,4,7-11H2,1H3. The highest BCUT2D eigenvalue weighted by atomic mass is 16.7. The number of carbonyl (C=O) groups excluding carboxylic acids is 1. The lowest BCUT2D eigenvalue weighted by Crippen LogP contribution is -2.51. The third-order valence-corrected chi connectivity index (χ3v) is 3.89. The molecule has 19 heavy (non-hydrogen) atoms. The second-order valence-corrected chi connectivity index (χ2v) is 5.25. The van der Waals surface area contributed by atoms with Crippen molar-refractivity contribution in [2.75, 3.05) is 26.3 Å². The van der Waals surface area contributed by atoms with E-state index in [1.165, 1.54) is 0 Å². The van der Waals surface area contributed by atoms with Gasteiger partial charge in [0.15, 0.2) is 5.79 Å². The average Bonchev–Trinajstić information content (AvgIpc) is 2.86. The molecule has 0 aliphatic carbocycles. The molecule has 2 aliphatic heterocycles. The first kappa shape index (κ1) is 12.6. The van der Waals surface area contributed by atoms with Crippen LogP contribution in [0.4, 0.5) is 0 Å². The number of amides is 1. The van der Waals surface area contributed by atoms with Gasteiger partial charge in [0.25, 0.3) is 5.91 Å². The summed E-state index contributed by atoms with van der Waals surface area (Å²) < 4.78 is 11.4. The molecule has 102 valence electrons. The number of likely N-dealkylation sites (tertiary alicyclic amines) is 1. The van der Waals surface area contributed by atoms with Crippen LogP contribution in [0.5, 0.6) is 0 Å². The Hall–Kier alpha value is -1.39. The van der Waals surface area contributed by atoms with Gasteiger partial charge >= 0.3 is 0 Å². The van der Waals surface area contributed by atoms with Gasteiger partial charge in [-0.3, -0.25) is 4.79 Å². The first-order valence-electron chi connectivity index (χ1n) is 6.83. The molecule has 2 saturated heterocycles. The van der Waals surface area contributed by atoms with Gasteiger partial charge < -0.3 is 14.4 Å². The fraction of sp³-hybridized carbons (Fsp3) is 0.533. The topological polar surface area (TPSA) is 38.8 Å². The van der Waals surface area contributed by atoms with E-state index in [4.69, 9.17) is 9.47 Å². The van der Waals surface area contributed by atoms with Crippen LogP contribution in [0, 0.1) is 6.92 Å². The molecule has 1 aromatic carbocycles. The second kappa shape index (κ2) is 4.94. The van der Waals surface area contributed by atoms with E-state index in [0.29, 0.717) is 19.8 Å². The van der Waals surface area contributed by atoms with Gasteiger partial charge in [-0.15, -0.1) is 0 Å². The van der Waals surface area contributed by atoms with E-state index in [1.807, 2.05) is 36.1 Å². The number of nitrogens with zero attached hydrogens (tertiary/aromatic N) is 1. The largest absolute Gasteiger partial charge is 0.346 e. The van der Waals surface area contributed by atoms with Crippen molar-refractivity contribution in [2.45, 2.75) is 25.6 Å². The lowest BCUT2D eigenvalue weighted by atomic mass is 10.0. The molecule has 2 fully saturated rings. The molecule has 0 atom stereocenters. The van der Waals surface area contributed by atoms with Crippen LogP contribution < -0.4 is 0 Å². The maximum absolute atomic E-state index is 12.6. The quantitative estimate of drug-likeness (QED) is 0.776. The lowest BCUT2D eigenvalue weighted by Gasteiger charge is -2.38. The van der Waals surface area contributed by atoms with Crippen LogP contribution in [0.2, 0.25) is 0 Å². The first-order valence-corrected chi connectivity index (χ1v) is 6.83. The number of carbonyl (C=O) groups is 1. The zero-order valence-electron chi connectivity index (χ0n) is 11.2. The molecule has 0 saturated carbocycles. The molecule has 0 unspecified atom stereocenters. The highest BCUT2D eigenvalue weighted by Crippen LogP contribution is 2.30. The minimum Gasteiger partial charge on any atom is -0.346 e. The van der Waals surface area contributed by atoms with E-state index in [2.05, 4.69) is 0 Å². The minimum atomic E-state index is -0.545. The summed E-state index contributed by atoms with van der Waals surface area (Å²) in [7, 11) is 0. The molecule has 1 amide bonds. The molecule has 3 rings (SSSR count). The van der Waals surface area contributed by atoms with Crippen molar-refractivity contribution >= 4 is 5.91 Å². The van der Waals surface area contributed by atoms with Crippen molar-refractivity contribution in [3.05, 3.63) is 35.4 Å². The van der Waals surface area contributed by atoms with Gasteiger partial charge in [-0.05, 0) is 25.0 Å². The van der Waals surface area contributed by atoms with Crippen molar-refractivity contribution < 1.29 is 14.3 Å². The van der Waals surface area contributed by atoms with Crippen molar-refractivity contribution in [1.29, 1.82) is 0 Å². The maximum Gasteiger partial charge on any atom is 0.254 e. The summed E-state index contributed by atoms with van der Waals surface area (Å²) in [5.41, 5.74) is 1.79. The Morgan fingerprint density at radius 3 is 2.74 bits per heavy atom. The highest BCUT2D eigenvalue weighted by Gasteiger charge is 2.42. The third-order valence-electron chi connectivity index (χ3n) is 3.89. The fourth-order valence-corrected chi connectivity index (χ4v) is 2.88. The fourth-order valence-electron chi connectivity index (χ4n) is 2.88. The molecule has 1 aromatic rings. The van der Waals surface area contributed by atoms with E-state index in [9.17, 15) is 4.79 Å². The Balaban J connectivity index is 1.78. The highest BCUT2D eigenvalue weighted by molar-refractivity contribution is 5.95. The predicted octanol–water partition coefficient (Wildman–Crippen LogP) is 1.97. The Morgan fingerprint density at radius 2 is 2.00 bits per heavy atom. The molecule has 2 aliphatic rings. The predicted molar refractivity (Wildman–Crippen MR) is 71.0 cm³/mol. The zero-order chi connectivity index (χ0) is 13.3. The van der Waals surface area contributed by atoms with Gasteiger partial charge in [0.2, 0.25) is 0 Å². The molecule has 2 heterocycles. The Kier molecular flexibility index (Phi) is 3.29. The summed E-state index contributed by atoms with van der Waals surface area (Å²) in [6, 6.07) is 7.71. The molecular formula is C15H19NO3. The van der Waals surface area contributed by atoms with Gasteiger partial charge in [0.1, 0.15) is 0 Å². The van der Waals surface area contributed by atoms with Crippen LogP contribution in [0.15, 0.2) is 24.3 Å². The molecule has 0 aromatic heterocycles. The van der Waals surface area contributed by atoms with Crippen molar-refractivity contribution in [1.82, 2.24) is 4.90 Å². The number of rotatable bonds is 1. The van der Waals surface area contributed by atoms with Crippen LogP contribution in [0.1, 0.15) is 28.8 Å². The molecule has 0 bridgehead atoms. The van der Waals surface area contributed by atoms with Crippen molar-refractivity contribution in [3.63, 3.8) is 0 Å². The van der Waals surface area contributed by atoms with Gasteiger partial charge in [-0.2, -0.15) is 0 Å². The number of hydrogen-bond donors (Lipinski definition) is 0. The van der Waals surface area contributed by atoms with E-state index < -0.39 is 5.79 Å². The van der Waals surface area contributed by atoms with Gasteiger partial charge in [0, 0.05) is 18.5 Å². The van der Waals surface area contributed by atoms with E-state index in [0.717, 1.165) is 30.5 Å². The van der Waals surface area contributed by atoms with E-state index in [-0.39, 0.29) is 5.91 Å². The van der Waals surface area contributed by atoms with Crippen LogP contribution in [0.25, 0.3) is 0 Å². The Labute approximate surface area is 113 Å². The summed E-state index contributed by atoms with van der Waals surface area (Å²) in [6.07, 6.45) is 1.81. The van der Waals surface area contributed by atoms with Crippen molar-refractivity contribution in [2.24, 2.45) is 0 Å². The number of ether oxygens (including phenoxy) is 2. The van der Waals surface area contributed by atoms with Crippen LogP contribution in [-0.4, -0.2) is 42.9 Å². The molecular weight excluding hydrogens is 242 g/mol. The molecule has 4 heteroatoms. The molecule has 4 nitrogen and oxygen atoms in total. The summed E-state index contributed by atoms with van der Waals surface area (Å²) in [4.78, 5) is 14.4. The lowest BCUT2D eigenvalue weighted by molar-refractivity contribution is -0.183. The second-order valence-electron chi connectivity index (χ2n) is 5.25. The zero-order valence-corrected chi connectivity index (χ0v) is 11.2. The molecule has 0 N–H and O–H groups in total. The van der Waals surface area contributed by atoms with Crippen LogP contribution >= 0.6 is 0 Å². The summed E-state index contributed by atoms with van der Waals surface area (Å²) in [5, 5.41) is 0. The SMILES string of the molecule is Cc1ccccc1C(=O)N1CCCC2(C1)OCCO2. The van der Waals surface area contributed by atoms with Crippen LogP contribution in [-0.2, 0) is 9.47 Å². The Morgan fingerprint density at radius 1 is 1.26 bits per heavy atom. The molecule has 0 radical (unpaired) electrons. The number of hydrogen-bond acceptors (Lipinski definition) is 3. The number of benzene rings is 1. The summed E-state index contributed by atoms with van der Waals surface area (Å²) in [5.74, 6) is -0.465. The monoisotopic (exact) mass is 261 g/mol. The Bertz CT molecular complexity index is 480. The normalized spacial score (nSPS) is 21.8. The van der Waals surface area contributed by atoms with Gasteiger partial charge in [0.05, 0.1) is 19.8 Å². The minimum absolute atomic E-state index is 0.0799. The van der Waals surface area contributed by atoms with Gasteiger partial charge in [-0.1, -0.05) is 18.2 Å². The first-order chi connectivity index (χ1) is 9.20. The number of aryl methyl sites for hydroxylation is 1. The van der Waals surface area contributed by atoms with E-state index >= 15 is 0 Å². The summed E-state index contributed by atoms with van der Waals surface area (Å²) in [6.45, 7) is 4.55. The van der Waals surface area contributed by atoms with Crippen molar-refractivity contribution in [3.8, 4) is 0 Å².